The summed E-state index contributed by atoms with van der Waals surface area (Å²) in [5.74, 6) is -0.148. The van der Waals surface area contributed by atoms with Gasteiger partial charge in [0, 0.05) is 37.6 Å². The molecule has 28 heavy (non-hydrogen) atoms. The number of benzene rings is 1. The van der Waals surface area contributed by atoms with E-state index in [-0.39, 0.29) is 23.8 Å². The Hall–Kier alpha value is -2.99. The number of carbonyl (C=O) groups is 1. The van der Waals surface area contributed by atoms with Crippen LogP contribution in [-0.4, -0.2) is 44.4 Å². The minimum Gasteiger partial charge on any atom is -0.337 e. The zero-order chi connectivity index (χ0) is 19.1. The number of carbonyl (C=O) groups excluding carboxylic acids is 1. The van der Waals surface area contributed by atoms with Crippen LogP contribution in [0, 0.1) is 5.82 Å². The molecule has 0 saturated carbocycles. The van der Waals surface area contributed by atoms with E-state index in [2.05, 4.69) is 14.5 Å². The van der Waals surface area contributed by atoms with E-state index in [0.29, 0.717) is 24.3 Å². The van der Waals surface area contributed by atoms with Gasteiger partial charge in [0.1, 0.15) is 11.5 Å². The van der Waals surface area contributed by atoms with Crippen LogP contribution in [0.1, 0.15) is 27.8 Å². The average Bonchev–Trinajstić information content (AvgIpc) is 3.35. The number of amides is 1. The van der Waals surface area contributed by atoms with Gasteiger partial charge in [0.2, 0.25) is 0 Å². The van der Waals surface area contributed by atoms with Crippen molar-refractivity contribution in [2.75, 3.05) is 13.1 Å². The predicted molar refractivity (Wildman–Crippen MR) is 103 cm³/mol. The van der Waals surface area contributed by atoms with Crippen LogP contribution >= 0.6 is 0 Å². The summed E-state index contributed by atoms with van der Waals surface area (Å²) in [5.41, 5.74) is 2.28. The molecular weight excluding hydrogens is 355 g/mol. The van der Waals surface area contributed by atoms with Gasteiger partial charge < -0.3 is 9.47 Å². The Bertz CT molecular complexity index is 1000. The number of aromatic nitrogens is 2. The number of rotatable bonds is 4. The standard InChI is InChI=1S/C22H21FN4O/c23-18-8-2-1-6-16(18)12-25-14-20-21(15-25)27(13-17-7-3-4-10-24-17)22(28)19-9-5-11-26(19)20/h1-11,20-21H,12-15H2/t20-,21-/m1/s1. The highest BCUT2D eigenvalue weighted by molar-refractivity contribution is 5.94. The van der Waals surface area contributed by atoms with Gasteiger partial charge in [0.05, 0.1) is 24.3 Å². The Labute approximate surface area is 163 Å². The van der Waals surface area contributed by atoms with E-state index in [1.807, 2.05) is 53.6 Å². The lowest BCUT2D eigenvalue weighted by molar-refractivity contribution is 0.0553. The second-order valence-electron chi connectivity index (χ2n) is 7.48. The van der Waals surface area contributed by atoms with Gasteiger partial charge in [-0.05, 0) is 30.3 Å². The highest BCUT2D eigenvalue weighted by Gasteiger charge is 2.45. The van der Waals surface area contributed by atoms with Gasteiger partial charge in [0.25, 0.3) is 5.91 Å². The van der Waals surface area contributed by atoms with Gasteiger partial charge in [-0.2, -0.15) is 0 Å². The van der Waals surface area contributed by atoms with Crippen LogP contribution in [0.5, 0.6) is 0 Å². The fourth-order valence-electron chi connectivity index (χ4n) is 4.44. The molecule has 2 aliphatic heterocycles. The van der Waals surface area contributed by atoms with Gasteiger partial charge in [-0.3, -0.25) is 14.7 Å². The molecule has 4 heterocycles. The second-order valence-corrected chi connectivity index (χ2v) is 7.48. The molecular formula is C22H21FN4O. The highest BCUT2D eigenvalue weighted by Crippen LogP contribution is 2.35. The molecule has 1 fully saturated rings. The second kappa shape index (κ2) is 6.87. The molecule has 0 spiro atoms. The lowest BCUT2D eigenvalue weighted by Crippen LogP contribution is -2.49. The molecule has 142 valence electrons. The van der Waals surface area contributed by atoms with Crippen molar-refractivity contribution in [2.24, 2.45) is 0 Å². The Morgan fingerprint density at radius 2 is 1.79 bits per heavy atom. The summed E-state index contributed by atoms with van der Waals surface area (Å²) >= 11 is 0. The third-order valence-electron chi connectivity index (χ3n) is 5.76. The molecule has 5 rings (SSSR count). The molecule has 1 amide bonds. The minimum absolute atomic E-state index is 0.0321. The Morgan fingerprint density at radius 1 is 0.964 bits per heavy atom. The maximum Gasteiger partial charge on any atom is 0.271 e. The Morgan fingerprint density at radius 3 is 2.61 bits per heavy atom. The van der Waals surface area contributed by atoms with Crippen molar-refractivity contribution in [3.8, 4) is 0 Å². The van der Waals surface area contributed by atoms with E-state index in [4.69, 9.17) is 0 Å². The van der Waals surface area contributed by atoms with Crippen molar-refractivity contribution >= 4 is 5.91 Å². The number of hydrogen-bond donors (Lipinski definition) is 0. The van der Waals surface area contributed by atoms with Crippen LogP contribution in [0.2, 0.25) is 0 Å². The molecule has 2 aromatic heterocycles. The first kappa shape index (κ1) is 17.1. The fourth-order valence-corrected chi connectivity index (χ4v) is 4.44. The van der Waals surface area contributed by atoms with Crippen LogP contribution in [0.3, 0.4) is 0 Å². The highest BCUT2D eigenvalue weighted by atomic mass is 19.1. The zero-order valence-corrected chi connectivity index (χ0v) is 15.4. The summed E-state index contributed by atoms with van der Waals surface area (Å²) in [4.78, 5) is 21.7. The van der Waals surface area contributed by atoms with Crippen molar-refractivity contribution in [1.82, 2.24) is 19.4 Å². The minimum atomic E-state index is -0.180. The Kier molecular flexibility index (Phi) is 4.20. The first-order chi connectivity index (χ1) is 13.7. The van der Waals surface area contributed by atoms with Crippen molar-refractivity contribution in [1.29, 1.82) is 0 Å². The number of nitrogens with zero attached hydrogens (tertiary/aromatic N) is 4. The summed E-state index contributed by atoms with van der Waals surface area (Å²) in [7, 11) is 0. The van der Waals surface area contributed by atoms with Crippen LogP contribution in [0.15, 0.2) is 67.0 Å². The van der Waals surface area contributed by atoms with Gasteiger partial charge in [0.15, 0.2) is 0 Å². The van der Waals surface area contributed by atoms with E-state index >= 15 is 0 Å². The lowest BCUT2D eigenvalue weighted by Gasteiger charge is -2.38. The largest absolute Gasteiger partial charge is 0.337 e. The van der Waals surface area contributed by atoms with E-state index < -0.39 is 0 Å². The Balaban J connectivity index is 1.44. The van der Waals surface area contributed by atoms with E-state index in [1.54, 1.807) is 12.3 Å². The van der Waals surface area contributed by atoms with E-state index in [9.17, 15) is 9.18 Å². The number of fused-ring (bicyclic) bond motifs is 3. The maximum atomic E-state index is 14.1. The summed E-state index contributed by atoms with van der Waals surface area (Å²) in [6.07, 6.45) is 3.73. The number of hydrogen-bond acceptors (Lipinski definition) is 3. The molecule has 5 nitrogen and oxygen atoms in total. The molecule has 0 radical (unpaired) electrons. The van der Waals surface area contributed by atoms with Crippen LogP contribution in [0.4, 0.5) is 4.39 Å². The quantitative estimate of drug-likeness (QED) is 0.703. The van der Waals surface area contributed by atoms with E-state index in [1.165, 1.54) is 6.07 Å². The number of pyridine rings is 1. The SMILES string of the molecule is O=C1c2cccn2[C@@H]2CN(Cc3ccccc3F)C[C@H]2N1Cc1ccccn1. The lowest BCUT2D eigenvalue weighted by atomic mass is 10.1. The third kappa shape index (κ3) is 2.90. The maximum absolute atomic E-state index is 14.1. The average molecular weight is 376 g/mol. The smallest absolute Gasteiger partial charge is 0.271 e. The van der Waals surface area contributed by atoms with Gasteiger partial charge in [-0.1, -0.05) is 24.3 Å². The summed E-state index contributed by atoms with van der Waals surface area (Å²) in [6, 6.07) is 16.7. The van der Waals surface area contributed by atoms with Gasteiger partial charge in [-0.25, -0.2) is 4.39 Å². The van der Waals surface area contributed by atoms with Crippen LogP contribution in [0.25, 0.3) is 0 Å². The fraction of sp³-hybridized carbons (Fsp3) is 0.273. The van der Waals surface area contributed by atoms with Crippen molar-refractivity contribution in [3.63, 3.8) is 0 Å². The normalized spacial score (nSPS) is 21.6. The molecule has 3 aromatic rings. The first-order valence-electron chi connectivity index (χ1n) is 9.54. The summed E-state index contributed by atoms with van der Waals surface area (Å²) < 4.78 is 16.2. The summed E-state index contributed by atoms with van der Waals surface area (Å²) in [6.45, 7) is 2.53. The van der Waals surface area contributed by atoms with Gasteiger partial charge >= 0.3 is 0 Å². The zero-order valence-electron chi connectivity index (χ0n) is 15.4. The molecule has 2 atom stereocenters. The van der Waals surface area contributed by atoms with Crippen molar-refractivity contribution in [3.05, 3.63) is 89.8 Å². The molecule has 0 unspecified atom stereocenters. The molecule has 6 heteroatoms. The number of likely N-dealkylation sites (tertiary alicyclic amines) is 1. The van der Waals surface area contributed by atoms with E-state index in [0.717, 1.165) is 18.8 Å². The molecule has 0 N–H and O–H groups in total. The monoisotopic (exact) mass is 376 g/mol. The van der Waals surface area contributed by atoms with Crippen LogP contribution < -0.4 is 0 Å². The molecule has 1 saturated heterocycles. The van der Waals surface area contributed by atoms with Crippen molar-refractivity contribution in [2.45, 2.75) is 25.2 Å². The molecule has 2 aliphatic rings. The van der Waals surface area contributed by atoms with Crippen LogP contribution in [-0.2, 0) is 13.1 Å². The predicted octanol–water partition coefficient (Wildman–Crippen LogP) is 3.10. The molecule has 0 aliphatic carbocycles. The molecule has 0 bridgehead atoms. The van der Waals surface area contributed by atoms with Crippen molar-refractivity contribution < 1.29 is 9.18 Å². The first-order valence-corrected chi connectivity index (χ1v) is 9.54. The number of halogens is 1. The third-order valence-corrected chi connectivity index (χ3v) is 5.76. The summed E-state index contributed by atoms with van der Waals surface area (Å²) in [5, 5.41) is 0. The topological polar surface area (TPSA) is 41.4 Å². The van der Waals surface area contributed by atoms with Gasteiger partial charge in [-0.15, -0.1) is 0 Å². The molecule has 1 aromatic carbocycles.